The Morgan fingerprint density at radius 1 is 1.21 bits per heavy atom. The Labute approximate surface area is 110 Å². The van der Waals surface area contributed by atoms with Gasteiger partial charge in [-0.15, -0.1) is 0 Å². The van der Waals surface area contributed by atoms with E-state index in [0.29, 0.717) is 18.8 Å². The lowest BCUT2D eigenvalue weighted by molar-refractivity contribution is -0.157. The van der Waals surface area contributed by atoms with Crippen molar-refractivity contribution in [1.29, 1.82) is 0 Å². The second-order valence-corrected chi connectivity index (χ2v) is 4.97. The molecule has 6 heteroatoms. The molecular formula is C13H16N2O4. The van der Waals surface area contributed by atoms with Crippen molar-refractivity contribution in [3.63, 3.8) is 0 Å². The Hall–Kier alpha value is -1.85. The fourth-order valence-electron chi connectivity index (χ4n) is 3.05. The first-order valence-corrected chi connectivity index (χ1v) is 6.63. The molecule has 2 aliphatic heterocycles. The third kappa shape index (κ3) is 1.74. The number of carbonyl (C=O) groups is 3. The third-order valence-electron chi connectivity index (χ3n) is 3.82. The summed E-state index contributed by atoms with van der Waals surface area (Å²) >= 11 is 0. The van der Waals surface area contributed by atoms with Crippen LogP contribution in [0.5, 0.6) is 0 Å². The lowest BCUT2D eigenvalue weighted by Crippen LogP contribution is -2.56. The van der Waals surface area contributed by atoms with Crippen molar-refractivity contribution in [2.75, 3.05) is 13.2 Å². The number of nitrogens with zero attached hydrogens (tertiary/aromatic N) is 2. The van der Waals surface area contributed by atoms with Crippen LogP contribution in [0.2, 0.25) is 0 Å². The highest BCUT2D eigenvalue weighted by molar-refractivity contribution is 6.05. The highest BCUT2D eigenvalue weighted by atomic mass is 16.5. The average molecular weight is 264 g/mol. The van der Waals surface area contributed by atoms with Gasteiger partial charge in [-0.25, -0.2) is 10.0 Å². The second-order valence-electron chi connectivity index (χ2n) is 4.97. The second kappa shape index (κ2) is 4.36. The van der Waals surface area contributed by atoms with E-state index in [1.54, 1.807) is 0 Å². The number of rotatable bonds is 2. The molecule has 0 aromatic rings. The summed E-state index contributed by atoms with van der Waals surface area (Å²) in [5.74, 6) is 0.170. The van der Waals surface area contributed by atoms with E-state index in [1.807, 2.05) is 6.92 Å². The number of Topliss-reactive ketones (excluding diaryl/α,β-unsaturated/α-hetero) is 1. The standard InChI is InChI=1S/C13H16N2O4/c1-2-19-10-7-14-11(17)6-12(18)15(14)13-8(10)4-3-5-9(13)16/h13H,2-7H2,1H3. The lowest BCUT2D eigenvalue weighted by Gasteiger charge is -2.42. The van der Waals surface area contributed by atoms with Crippen LogP contribution in [0, 0.1) is 0 Å². The van der Waals surface area contributed by atoms with Crippen molar-refractivity contribution in [2.24, 2.45) is 0 Å². The minimum Gasteiger partial charge on any atom is -0.496 e. The fraction of sp³-hybridized carbons (Fsp3) is 0.615. The molecule has 1 saturated carbocycles. The van der Waals surface area contributed by atoms with Gasteiger partial charge in [0.2, 0.25) is 0 Å². The van der Waals surface area contributed by atoms with Gasteiger partial charge in [0.05, 0.1) is 6.61 Å². The molecule has 3 rings (SSSR count). The smallest absolute Gasteiger partial charge is 0.251 e. The minimum atomic E-state index is -0.608. The van der Waals surface area contributed by atoms with E-state index in [9.17, 15) is 14.4 Å². The maximum atomic E-state index is 12.2. The van der Waals surface area contributed by atoms with Crippen LogP contribution < -0.4 is 0 Å². The Morgan fingerprint density at radius 2 is 2.00 bits per heavy atom. The molecule has 0 N–H and O–H groups in total. The summed E-state index contributed by atoms with van der Waals surface area (Å²) in [4.78, 5) is 35.9. The molecule has 3 aliphatic rings. The summed E-state index contributed by atoms with van der Waals surface area (Å²) in [5.41, 5.74) is 0.886. The number of hydrogen-bond donors (Lipinski definition) is 0. The maximum absolute atomic E-state index is 12.2. The van der Waals surface area contributed by atoms with Crippen molar-refractivity contribution in [1.82, 2.24) is 10.0 Å². The van der Waals surface area contributed by atoms with Crippen molar-refractivity contribution in [2.45, 2.75) is 38.6 Å². The molecule has 1 aliphatic carbocycles. The lowest BCUT2D eigenvalue weighted by atomic mass is 9.86. The van der Waals surface area contributed by atoms with E-state index in [4.69, 9.17) is 4.74 Å². The Morgan fingerprint density at radius 3 is 2.74 bits per heavy atom. The molecule has 1 unspecified atom stereocenters. The van der Waals surface area contributed by atoms with Gasteiger partial charge in [-0.3, -0.25) is 14.4 Å². The average Bonchev–Trinajstić information content (AvgIpc) is 2.66. The van der Waals surface area contributed by atoms with Crippen molar-refractivity contribution in [3.8, 4) is 0 Å². The zero-order valence-electron chi connectivity index (χ0n) is 10.8. The fourth-order valence-corrected chi connectivity index (χ4v) is 3.05. The summed E-state index contributed by atoms with van der Waals surface area (Å²) in [6, 6.07) is -0.608. The summed E-state index contributed by atoms with van der Waals surface area (Å²) in [7, 11) is 0. The molecule has 0 aromatic heterocycles. The van der Waals surface area contributed by atoms with Gasteiger partial charge in [0.15, 0.2) is 5.78 Å². The Kier molecular flexibility index (Phi) is 2.80. The first-order valence-electron chi connectivity index (χ1n) is 6.63. The van der Waals surface area contributed by atoms with Crippen LogP contribution in [0.15, 0.2) is 11.3 Å². The van der Waals surface area contributed by atoms with Crippen molar-refractivity contribution in [3.05, 3.63) is 11.3 Å². The first kappa shape index (κ1) is 12.2. The molecule has 2 heterocycles. The number of ketones is 1. The van der Waals surface area contributed by atoms with E-state index in [2.05, 4.69) is 0 Å². The van der Waals surface area contributed by atoms with E-state index < -0.39 is 6.04 Å². The predicted octanol–water partition coefficient (Wildman–Crippen LogP) is 0.388. The van der Waals surface area contributed by atoms with Gasteiger partial charge in [0.1, 0.15) is 24.8 Å². The molecule has 1 saturated heterocycles. The highest BCUT2D eigenvalue weighted by Crippen LogP contribution is 2.36. The maximum Gasteiger partial charge on any atom is 0.251 e. The monoisotopic (exact) mass is 264 g/mol. The molecule has 2 fully saturated rings. The Bertz CT molecular complexity index is 497. The Balaban J connectivity index is 2.05. The third-order valence-corrected chi connectivity index (χ3v) is 3.82. The van der Waals surface area contributed by atoms with Crippen molar-refractivity contribution < 1.29 is 19.1 Å². The predicted molar refractivity (Wildman–Crippen MR) is 64.5 cm³/mol. The summed E-state index contributed by atoms with van der Waals surface area (Å²) in [5, 5.41) is 2.71. The van der Waals surface area contributed by atoms with Gasteiger partial charge in [-0.1, -0.05) is 0 Å². The molecule has 0 spiro atoms. The molecule has 19 heavy (non-hydrogen) atoms. The number of fused-ring (bicyclic) bond motifs is 3. The first-order chi connectivity index (χ1) is 9.13. The molecule has 0 aromatic carbocycles. The number of carbonyl (C=O) groups excluding carboxylic acids is 3. The van der Waals surface area contributed by atoms with Crippen LogP contribution in [0.25, 0.3) is 0 Å². The van der Waals surface area contributed by atoms with Gasteiger partial charge >= 0.3 is 0 Å². The SMILES string of the molecule is CCOC1=C2CCCC(=O)C2N2C(=O)CC(=O)N2C1. The number of hydrazine groups is 1. The zero-order chi connectivity index (χ0) is 13.6. The van der Waals surface area contributed by atoms with Crippen LogP contribution in [-0.4, -0.2) is 46.8 Å². The van der Waals surface area contributed by atoms with Crippen LogP contribution in [0.1, 0.15) is 32.6 Å². The topological polar surface area (TPSA) is 66.9 Å². The van der Waals surface area contributed by atoms with Gasteiger partial charge < -0.3 is 4.74 Å². The van der Waals surface area contributed by atoms with Gasteiger partial charge in [0, 0.05) is 12.0 Å². The van der Waals surface area contributed by atoms with Gasteiger partial charge in [-0.2, -0.15) is 0 Å². The molecular weight excluding hydrogens is 248 g/mol. The molecule has 2 amide bonds. The normalized spacial score (nSPS) is 26.8. The molecule has 1 atom stereocenters. The van der Waals surface area contributed by atoms with E-state index in [0.717, 1.165) is 18.4 Å². The molecule has 102 valence electrons. The van der Waals surface area contributed by atoms with Crippen LogP contribution >= 0.6 is 0 Å². The number of ether oxygens (including phenoxy) is 1. The quantitative estimate of drug-likeness (QED) is 0.677. The molecule has 6 nitrogen and oxygen atoms in total. The van der Waals surface area contributed by atoms with Gasteiger partial charge in [-0.05, 0) is 19.8 Å². The minimum absolute atomic E-state index is 0.00574. The van der Waals surface area contributed by atoms with Crippen LogP contribution in [0.4, 0.5) is 0 Å². The molecule has 0 bridgehead atoms. The number of amides is 2. The summed E-state index contributed by atoms with van der Waals surface area (Å²) < 4.78 is 5.59. The van der Waals surface area contributed by atoms with E-state index in [1.165, 1.54) is 10.0 Å². The largest absolute Gasteiger partial charge is 0.496 e. The van der Waals surface area contributed by atoms with E-state index in [-0.39, 0.29) is 30.6 Å². The van der Waals surface area contributed by atoms with Crippen molar-refractivity contribution >= 4 is 17.6 Å². The molecule has 0 radical (unpaired) electrons. The van der Waals surface area contributed by atoms with E-state index >= 15 is 0 Å². The van der Waals surface area contributed by atoms with Crippen LogP contribution in [0.3, 0.4) is 0 Å². The zero-order valence-corrected chi connectivity index (χ0v) is 10.8. The highest BCUT2D eigenvalue weighted by Gasteiger charge is 2.49. The summed E-state index contributed by atoms with van der Waals surface area (Å²) in [6.45, 7) is 2.64. The number of hydrogen-bond acceptors (Lipinski definition) is 4. The van der Waals surface area contributed by atoms with Crippen LogP contribution in [-0.2, 0) is 19.1 Å². The van der Waals surface area contributed by atoms with Gasteiger partial charge in [0.25, 0.3) is 11.8 Å². The summed E-state index contributed by atoms with van der Waals surface area (Å²) in [6.07, 6.45) is 1.87.